The molecule has 0 bridgehead atoms. The minimum absolute atomic E-state index is 0.242. The molecule has 0 unspecified atom stereocenters. The largest absolute Gasteiger partial charge is 0.462 e. The van der Waals surface area contributed by atoms with E-state index in [0.29, 0.717) is 16.5 Å². The Balaban J connectivity index is 2.07. The molecule has 0 radical (unpaired) electrons. The first-order chi connectivity index (χ1) is 9.69. The average molecular weight is 308 g/mol. The van der Waals surface area contributed by atoms with Gasteiger partial charge in [-0.3, -0.25) is 0 Å². The number of fused-ring (bicyclic) bond motifs is 3. The van der Waals surface area contributed by atoms with E-state index in [9.17, 15) is 4.79 Å². The van der Waals surface area contributed by atoms with E-state index in [4.69, 9.17) is 16.3 Å². The van der Waals surface area contributed by atoms with E-state index in [-0.39, 0.29) is 5.97 Å². The van der Waals surface area contributed by atoms with Crippen molar-refractivity contribution < 1.29 is 9.53 Å². The van der Waals surface area contributed by atoms with Crippen LogP contribution in [0.5, 0.6) is 0 Å². The third-order valence-corrected chi connectivity index (χ3v) is 4.65. The van der Waals surface area contributed by atoms with E-state index in [0.717, 1.165) is 29.1 Å². The number of hydrogen-bond donors (Lipinski definition) is 1. The zero-order valence-corrected chi connectivity index (χ0v) is 12.6. The molecule has 0 atom stereocenters. The molecule has 0 saturated carbocycles. The number of thiophene rings is 1. The molecular weight excluding hydrogens is 294 g/mol. The zero-order chi connectivity index (χ0) is 14.1. The van der Waals surface area contributed by atoms with Gasteiger partial charge in [-0.1, -0.05) is 11.6 Å². The van der Waals surface area contributed by atoms with Crippen LogP contribution in [0.1, 0.15) is 22.2 Å². The van der Waals surface area contributed by atoms with Gasteiger partial charge in [0.15, 0.2) is 0 Å². The van der Waals surface area contributed by atoms with Crippen LogP contribution < -0.4 is 5.32 Å². The van der Waals surface area contributed by atoms with Crippen molar-refractivity contribution in [2.24, 2.45) is 0 Å². The standard InChI is InChI=1S/C15H14ClNO2S/c1-2-19-15(18)13-7-9-5-6-17-12-8-10(16)3-4-11(12)14(9)20-13/h3-4,7-8,17H,2,5-6H2,1H3. The van der Waals surface area contributed by atoms with Gasteiger partial charge in [0.1, 0.15) is 4.88 Å². The Morgan fingerprint density at radius 2 is 2.30 bits per heavy atom. The molecule has 1 aliphatic heterocycles. The maximum atomic E-state index is 11.9. The normalized spacial score (nSPS) is 12.9. The zero-order valence-electron chi connectivity index (χ0n) is 11.0. The minimum atomic E-state index is -0.242. The molecule has 0 fully saturated rings. The van der Waals surface area contributed by atoms with Crippen molar-refractivity contribution in [3.8, 4) is 10.4 Å². The molecule has 1 N–H and O–H groups in total. The lowest BCUT2D eigenvalue weighted by atomic mass is 10.1. The summed E-state index contributed by atoms with van der Waals surface area (Å²) in [4.78, 5) is 13.7. The van der Waals surface area contributed by atoms with Crippen molar-refractivity contribution in [3.05, 3.63) is 39.7 Å². The van der Waals surface area contributed by atoms with Crippen molar-refractivity contribution in [2.75, 3.05) is 18.5 Å². The van der Waals surface area contributed by atoms with Crippen LogP contribution in [-0.4, -0.2) is 19.1 Å². The number of carbonyl (C=O) groups is 1. The number of hydrogen-bond acceptors (Lipinski definition) is 4. The molecule has 1 aliphatic rings. The van der Waals surface area contributed by atoms with E-state index in [1.165, 1.54) is 16.9 Å². The SMILES string of the molecule is CCOC(=O)c1cc2c(s1)-c1ccc(Cl)cc1NCC2. The average Bonchev–Trinajstić information content (AvgIpc) is 2.77. The quantitative estimate of drug-likeness (QED) is 0.845. The van der Waals surface area contributed by atoms with E-state index in [1.807, 2.05) is 31.2 Å². The van der Waals surface area contributed by atoms with Gasteiger partial charge in [-0.05, 0) is 43.2 Å². The number of halogens is 1. The van der Waals surface area contributed by atoms with Crippen molar-refractivity contribution in [1.29, 1.82) is 0 Å². The first kappa shape index (κ1) is 13.5. The second-order valence-electron chi connectivity index (χ2n) is 4.55. The molecule has 5 heteroatoms. The van der Waals surface area contributed by atoms with Gasteiger partial charge in [0.2, 0.25) is 0 Å². The third kappa shape index (κ3) is 2.41. The van der Waals surface area contributed by atoms with Gasteiger partial charge in [-0.25, -0.2) is 4.79 Å². The summed E-state index contributed by atoms with van der Waals surface area (Å²) < 4.78 is 5.08. The summed E-state index contributed by atoms with van der Waals surface area (Å²) in [6.07, 6.45) is 0.886. The Bertz CT molecular complexity index is 666. The molecular formula is C15H14ClNO2S. The van der Waals surface area contributed by atoms with Gasteiger partial charge < -0.3 is 10.1 Å². The Morgan fingerprint density at radius 1 is 1.45 bits per heavy atom. The van der Waals surface area contributed by atoms with E-state index in [2.05, 4.69) is 5.32 Å². The number of carbonyl (C=O) groups excluding carboxylic acids is 1. The molecule has 0 amide bonds. The van der Waals surface area contributed by atoms with Crippen molar-refractivity contribution in [1.82, 2.24) is 0 Å². The summed E-state index contributed by atoms with van der Waals surface area (Å²) in [6.45, 7) is 3.05. The minimum Gasteiger partial charge on any atom is -0.462 e. The molecule has 3 nitrogen and oxygen atoms in total. The second kappa shape index (κ2) is 5.46. The fourth-order valence-corrected chi connectivity index (χ4v) is 3.65. The molecule has 0 spiro atoms. The summed E-state index contributed by atoms with van der Waals surface area (Å²) in [5, 5.41) is 4.09. The molecule has 0 saturated heterocycles. The second-order valence-corrected chi connectivity index (χ2v) is 6.04. The van der Waals surface area contributed by atoms with Gasteiger partial charge in [-0.2, -0.15) is 0 Å². The highest BCUT2D eigenvalue weighted by Crippen LogP contribution is 2.40. The first-order valence-electron chi connectivity index (χ1n) is 6.52. The van der Waals surface area contributed by atoms with Gasteiger partial charge in [0.05, 0.1) is 6.61 Å². The highest BCUT2D eigenvalue weighted by Gasteiger charge is 2.20. The smallest absolute Gasteiger partial charge is 0.348 e. The molecule has 104 valence electrons. The molecule has 3 rings (SSSR count). The molecule has 1 aromatic heterocycles. The third-order valence-electron chi connectivity index (χ3n) is 3.22. The Labute approximate surface area is 126 Å². The number of benzene rings is 1. The van der Waals surface area contributed by atoms with Crippen LogP contribution >= 0.6 is 22.9 Å². The van der Waals surface area contributed by atoms with Gasteiger partial charge in [0.25, 0.3) is 0 Å². The number of rotatable bonds is 2. The molecule has 1 aromatic carbocycles. The molecule has 2 heterocycles. The number of nitrogens with one attached hydrogen (secondary N) is 1. The van der Waals surface area contributed by atoms with Gasteiger partial charge in [-0.15, -0.1) is 11.3 Å². The van der Waals surface area contributed by atoms with E-state index < -0.39 is 0 Å². The summed E-state index contributed by atoms with van der Waals surface area (Å²) in [5.41, 5.74) is 3.31. The lowest BCUT2D eigenvalue weighted by molar-refractivity contribution is 0.0532. The predicted octanol–water partition coefficient (Wildman–Crippen LogP) is 4.21. The van der Waals surface area contributed by atoms with Crippen LogP contribution in [0.2, 0.25) is 5.02 Å². The van der Waals surface area contributed by atoms with Gasteiger partial charge >= 0.3 is 5.97 Å². The fraction of sp³-hybridized carbons (Fsp3) is 0.267. The number of anilines is 1. The lowest BCUT2D eigenvalue weighted by Gasteiger charge is -2.07. The van der Waals surface area contributed by atoms with Crippen LogP contribution in [0, 0.1) is 0 Å². The Hall–Kier alpha value is -1.52. The Morgan fingerprint density at radius 3 is 3.10 bits per heavy atom. The highest BCUT2D eigenvalue weighted by molar-refractivity contribution is 7.17. The van der Waals surface area contributed by atoms with Crippen LogP contribution in [0.25, 0.3) is 10.4 Å². The van der Waals surface area contributed by atoms with Crippen molar-refractivity contribution in [3.63, 3.8) is 0 Å². The van der Waals surface area contributed by atoms with Crippen LogP contribution in [0.15, 0.2) is 24.3 Å². The number of ether oxygens (including phenoxy) is 1. The molecule has 0 aliphatic carbocycles. The summed E-state index contributed by atoms with van der Waals surface area (Å²) in [7, 11) is 0. The van der Waals surface area contributed by atoms with Crippen LogP contribution in [0.4, 0.5) is 5.69 Å². The fourth-order valence-electron chi connectivity index (χ4n) is 2.34. The Kier molecular flexibility index (Phi) is 3.68. The maximum Gasteiger partial charge on any atom is 0.348 e. The van der Waals surface area contributed by atoms with Crippen LogP contribution in [0.3, 0.4) is 0 Å². The summed E-state index contributed by atoms with van der Waals surface area (Å²) >= 11 is 7.53. The van der Waals surface area contributed by atoms with Crippen LogP contribution in [-0.2, 0) is 11.2 Å². The summed E-state index contributed by atoms with van der Waals surface area (Å²) in [5.74, 6) is -0.242. The first-order valence-corrected chi connectivity index (χ1v) is 7.72. The van der Waals surface area contributed by atoms with E-state index in [1.54, 1.807) is 0 Å². The predicted molar refractivity (Wildman–Crippen MR) is 82.9 cm³/mol. The monoisotopic (exact) mass is 307 g/mol. The van der Waals surface area contributed by atoms with Crippen molar-refractivity contribution in [2.45, 2.75) is 13.3 Å². The van der Waals surface area contributed by atoms with E-state index >= 15 is 0 Å². The topological polar surface area (TPSA) is 38.3 Å². The number of esters is 1. The molecule has 2 aromatic rings. The van der Waals surface area contributed by atoms with Gasteiger partial charge in [0, 0.05) is 27.7 Å². The lowest BCUT2D eigenvalue weighted by Crippen LogP contribution is -2.03. The summed E-state index contributed by atoms with van der Waals surface area (Å²) in [6, 6.07) is 7.75. The highest BCUT2D eigenvalue weighted by atomic mass is 35.5. The maximum absolute atomic E-state index is 11.9. The van der Waals surface area contributed by atoms with Crippen molar-refractivity contribution >= 4 is 34.6 Å². The molecule has 20 heavy (non-hydrogen) atoms.